The summed E-state index contributed by atoms with van der Waals surface area (Å²) >= 11 is 0. The van der Waals surface area contributed by atoms with E-state index in [1.54, 1.807) is 7.11 Å². The van der Waals surface area contributed by atoms with Crippen molar-refractivity contribution in [2.75, 3.05) is 20.3 Å². The van der Waals surface area contributed by atoms with Crippen LogP contribution in [0.4, 0.5) is 0 Å². The maximum atomic E-state index is 12.5. The lowest BCUT2D eigenvalue weighted by Crippen LogP contribution is -2.47. The van der Waals surface area contributed by atoms with Gasteiger partial charge in [-0.25, -0.2) is 0 Å². The molecule has 0 aliphatic carbocycles. The molecule has 1 saturated heterocycles. The zero-order valence-corrected chi connectivity index (χ0v) is 15.0. The number of benzene rings is 1. The molecule has 0 bridgehead atoms. The molecule has 1 aliphatic rings. The zero-order chi connectivity index (χ0) is 18.0. The molecule has 25 heavy (non-hydrogen) atoms. The lowest BCUT2D eigenvalue weighted by Gasteiger charge is -2.27. The molecule has 0 saturated carbocycles. The predicted molar refractivity (Wildman–Crippen MR) is 95.6 cm³/mol. The second-order valence-corrected chi connectivity index (χ2v) is 6.66. The summed E-state index contributed by atoms with van der Waals surface area (Å²) in [5.41, 5.74) is 7.94. The first-order chi connectivity index (χ1) is 12.0. The highest BCUT2D eigenvalue weighted by Gasteiger charge is 2.28. The Kier molecular flexibility index (Phi) is 5.30. The van der Waals surface area contributed by atoms with Crippen LogP contribution in [0.3, 0.4) is 0 Å². The summed E-state index contributed by atoms with van der Waals surface area (Å²) in [5, 5.41) is 3.98. The summed E-state index contributed by atoms with van der Waals surface area (Å²) in [5.74, 6) is 1.55. The van der Waals surface area contributed by atoms with Crippen molar-refractivity contribution < 1.29 is 18.7 Å². The topological polar surface area (TPSA) is 86.7 Å². The summed E-state index contributed by atoms with van der Waals surface area (Å²) in [6, 6.07) is 4.92. The Balaban J connectivity index is 1.74. The van der Waals surface area contributed by atoms with Gasteiger partial charge in [-0.05, 0) is 50.8 Å². The van der Waals surface area contributed by atoms with Crippen LogP contribution in [0.5, 0.6) is 5.75 Å². The van der Waals surface area contributed by atoms with Gasteiger partial charge in [-0.2, -0.15) is 0 Å². The van der Waals surface area contributed by atoms with Crippen molar-refractivity contribution in [2.45, 2.75) is 38.8 Å². The number of fused-ring (bicyclic) bond motifs is 1. The number of aryl methyl sites for hydroxylation is 1. The van der Waals surface area contributed by atoms with Crippen LogP contribution in [0.25, 0.3) is 11.0 Å². The summed E-state index contributed by atoms with van der Waals surface area (Å²) in [6.07, 6.45) is 1.65. The van der Waals surface area contributed by atoms with Crippen LogP contribution in [0, 0.1) is 12.8 Å². The van der Waals surface area contributed by atoms with Gasteiger partial charge >= 0.3 is 0 Å². The number of ether oxygens (including phenoxy) is 2. The van der Waals surface area contributed by atoms with E-state index < -0.39 is 6.04 Å². The number of carbonyl (C=O) groups is 1. The lowest BCUT2D eigenvalue weighted by atomic mass is 9.91. The molecule has 2 heterocycles. The maximum Gasteiger partial charge on any atom is 0.237 e. The first kappa shape index (κ1) is 17.8. The highest BCUT2D eigenvalue weighted by Crippen LogP contribution is 2.32. The van der Waals surface area contributed by atoms with Crippen LogP contribution in [0.1, 0.15) is 37.1 Å². The normalized spacial score (nSPS) is 18.1. The molecule has 0 spiro atoms. The Morgan fingerprint density at radius 3 is 2.76 bits per heavy atom. The third-order valence-corrected chi connectivity index (χ3v) is 5.01. The average molecular weight is 346 g/mol. The molecular weight excluding hydrogens is 320 g/mol. The van der Waals surface area contributed by atoms with Gasteiger partial charge in [-0.3, -0.25) is 4.79 Å². The number of rotatable bonds is 5. The van der Waals surface area contributed by atoms with Crippen LogP contribution in [-0.4, -0.2) is 32.3 Å². The number of furan rings is 1. The molecule has 2 aromatic rings. The average Bonchev–Trinajstić information content (AvgIpc) is 2.98. The summed E-state index contributed by atoms with van der Waals surface area (Å²) in [4.78, 5) is 12.5. The van der Waals surface area contributed by atoms with Gasteiger partial charge < -0.3 is 24.9 Å². The molecule has 0 radical (unpaired) electrons. The number of hydrogen-bond donors (Lipinski definition) is 2. The van der Waals surface area contributed by atoms with Crippen LogP contribution in [0.15, 0.2) is 22.6 Å². The first-order valence-electron chi connectivity index (χ1n) is 8.72. The van der Waals surface area contributed by atoms with Gasteiger partial charge in [0, 0.05) is 24.2 Å². The molecular formula is C19H26N2O4. The van der Waals surface area contributed by atoms with E-state index >= 15 is 0 Å². The van der Waals surface area contributed by atoms with Crippen molar-refractivity contribution in [1.82, 2.24) is 5.32 Å². The van der Waals surface area contributed by atoms with E-state index in [0.717, 1.165) is 40.9 Å². The van der Waals surface area contributed by atoms with Gasteiger partial charge in [0.1, 0.15) is 17.1 Å². The van der Waals surface area contributed by atoms with Crippen molar-refractivity contribution in [3.05, 3.63) is 29.5 Å². The molecule has 2 atom stereocenters. The van der Waals surface area contributed by atoms with E-state index in [2.05, 4.69) is 5.32 Å². The van der Waals surface area contributed by atoms with Gasteiger partial charge in [0.05, 0.1) is 19.2 Å². The van der Waals surface area contributed by atoms with Crippen molar-refractivity contribution in [3.8, 4) is 5.75 Å². The standard InChI is InChI=1S/C19H26N2O4/c1-11-15-10-14(23-3)4-5-16(15)25-18(11)12(2)21-19(22)17(20)13-6-8-24-9-7-13/h4-5,10,12-13,17H,6-9,20H2,1-3H3,(H,21,22). The molecule has 1 fully saturated rings. The smallest absolute Gasteiger partial charge is 0.237 e. The van der Waals surface area contributed by atoms with Gasteiger partial charge in [0.2, 0.25) is 5.91 Å². The number of nitrogens with one attached hydrogen (secondary N) is 1. The lowest BCUT2D eigenvalue weighted by molar-refractivity contribution is -0.125. The summed E-state index contributed by atoms with van der Waals surface area (Å²) in [6.45, 7) is 5.25. The van der Waals surface area contributed by atoms with Crippen LogP contribution in [-0.2, 0) is 9.53 Å². The van der Waals surface area contributed by atoms with Crippen molar-refractivity contribution in [3.63, 3.8) is 0 Å². The van der Waals surface area contributed by atoms with Crippen LogP contribution >= 0.6 is 0 Å². The number of hydrogen-bond acceptors (Lipinski definition) is 5. The highest BCUT2D eigenvalue weighted by atomic mass is 16.5. The summed E-state index contributed by atoms with van der Waals surface area (Å²) < 4.78 is 16.6. The number of methoxy groups -OCH3 is 1. The van der Waals surface area contributed by atoms with Gasteiger partial charge in [0.25, 0.3) is 0 Å². The number of amides is 1. The molecule has 1 aliphatic heterocycles. The molecule has 1 aromatic heterocycles. The molecule has 3 rings (SSSR count). The minimum Gasteiger partial charge on any atom is -0.497 e. The van der Waals surface area contributed by atoms with Crippen molar-refractivity contribution in [1.29, 1.82) is 0 Å². The monoisotopic (exact) mass is 346 g/mol. The van der Waals surface area contributed by atoms with Crippen molar-refractivity contribution in [2.24, 2.45) is 11.7 Å². The zero-order valence-electron chi connectivity index (χ0n) is 15.0. The Morgan fingerprint density at radius 1 is 1.36 bits per heavy atom. The molecule has 6 nitrogen and oxygen atoms in total. The molecule has 1 aromatic carbocycles. The van der Waals surface area contributed by atoms with Crippen LogP contribution < -0.4 is 15.8 Å². The molecule has 3 N–H and O–H groups in total. The van der Waals surface area contributed by atoms with E-state index in [9.17, 15) is 4.79 Å². The van der Waals surface area contributed by atoms with Gasteiger partial charge in [0.15, 0.2) is 0 Å². The third-order valence-electron chi connectivity index (χ3n) is 5.01. The fourth-order valence-corrected chi connectivity index (χ4v) is 3.42. The molecule has 1 amide bonds. The van der Waals surface area contributed by atoms with E-state index in [0.29, 0.717) is 13.2 Å². The van der Waals surface area contributed by atoms with E-state index in [1.807, 2.05) is 32.0 Å². The van der Waals surface area contributed by atoms with Crippen LogP contribution in [0.2, 0.25) is 0 Å². The van der Waals surface area contributed by atoms with Crippen molar-refractivity contribution >= 4 is 16.9 Å². The summed E-state index contributed by atoms with van der Waals surface area (Å²) in [7, 11) is 1.64. The second-order valence-electron chi connectivity index (χ2n) is 6.66. The van der Waals surface area contributed by atoms with E-state index in [-0.39, 0.29) is 17.9 Å². The largest absolute Gasteiger partial charge is 0.497 e. The molecule has 2 unspecified atom stereocenters. The SMILES string of the molecule is COc1ccc2oc(C(C)NC(=O)C(N)C3CCOCC3)c(C)c2c1. The third kappa shape index (κ3) is 3.65. The fraction of sp³-hybridized carbons (Fsp3) is 0.526. The second kappa shape index (κ2) is 7.45. The maximum absolute atomic E-state index is 12.5. The Bertz CT molecular complexity index is 749. The minimum absolute atomic E-state index is 0.142. The van der Waals surface area contributed by atoms with Gasteiger partial charge in [-0.1, -0.05) is 0 Å². The fourth-order valence-electron chi connectivity index (χ4n) is 3.42. The number of carbonyl (C=O) groups excluding carboxylic acids is 1. The Hall–Kier alpha value is -2.05. The van der Waals surface area contributed by atoms with E-state index in [1.165, 1.54) is 0 Å². The van der Waals surface area contributed by atoms with Gasteiger partial charge in [-0.15, -0.1) is 0 Å². The highest BCUT2D eigenvalue weighted by molar-refractivity contribution is 5.85. The predicted octanol–water partition coefficient (Wildman–Crippen LogP) is 2.68. The van der Waals surface area contributed by atoms with E-state index in [4.69, 9.17) is 19.6 Å². The minimum atomic E-state index is -0.517. The quantitative estimate of drug-likeness (QED) is 0.869. The number of nitrogens with two attached hydrogens (primary N) is 1. The molecule has 136 valence electrons. The Labute approximate surface area is 147 Å². The first-order valence-corrected chi connectivity index (χ1v) is 8.72. The molecule has 6 heteroatoms. The Morgan fingerprint density at radius 2 is 2.08 bits per heavy atom.